The van der Waals surface area contributed by atoms with E-state index in [0.717, 1.165) is 53.8 Å². The number of aromatic nitrogens is 5. The smallest absolute Gasteiger partial charge is 0.256 e. The van der Waals surface area contributed by atoms with Gasteiger partial charge < -0.3 is 19.8 Å². The maximum absolute atomic E-state index is 15.3. The number of nitrogens with one attached hydrogen (secondary N) is 2. The van der Waals surface area contributed by atoms with Crippen molar-refractivity contribution in [3.8, 4) is 11.1 Å². The molecule has 0 radical (unpaired) electrons. The second-order valence-electron chi connectivity index (χ2n) is 9.37. The van der Waals surface area contributed by atoms with Gasteiger partial charge in [0, 0.05) is 41.1 Å². The van der Waals surface area contributed by atoms with Crippen LogP contribution < -0.4 is 5.32 Å². The summed E-state index contributed by atoms with van der Waals surface area (Å²) in [5.41, 5.74) is 3.95. The van der Waals surface area contributed by atoms with Crippen molar-refractivity contribution in [3.63, 3.8) is 0 Å². The number of anilines is 1. The number of fused-ring (bicyclic) bond motifs is 2. The molecule has 6 rings (SSSR count). The topological polar surface area (TPSA) is 91.7 Å². The van der Waals surface area contributed by atoms with Crippen LogP contribution in [0.2, 0.25) is 0 Å². The lowest BCUT2D eigenvalue weighted by Crippen LogP contribution is -2.31. The number of nitrogens with zero attached hydrogens (tertiary/aromatic N) is 5. The van der Waals surface area contributed by atoms with Crippen LogP contribution in [0.15, 0.2) is 55.0 Å². The van der Waals surface area contributed by atoms with Crippen LogP contribution in [0.3, 0.4) is 0 Å². The fourth-order valence-electron chi connectivity index (χ4n) is 5.14. The monoisotopic (exact) mass is 483 g/mol. The Hall–Kier alpha value is -4.11. The number of H-pyrrole nitrogens is 1. The van der Waals surface area contributed by atoms with Crippen molar-refractivity contribution < 1.29 is 9.18 Å². The fraction of sp³-hybridized carbons (Fsp3) is 0.259. The van der Waals surface area contributed by atoms with E-state index in [1.165, 1.54) is 6.07 Å². The molecule has 1 fully saturated rings. The zero-order valence-corrected chi connectivity index (χ0v) is 20.1. The normalized spacial score (nSPS) is 15.1. The summed E-state index contributed by atoms with van der Waals surface area (Å²) in [7, 11) is 2.13. The predicted molar refractivity (Wildman–Crippen MR) is 137 cm³/mol. The van der Waals surface area contributed by atoms with Gasteiger partial charge in [0.25, 0.3) is 5.91 Å². The summed E-state index contributed by atoms with van der Waals surface area (Å²) in [6.07, 6.45) is 6.99. The van der Waals surface area contributed by atoms with Gasteiger partial charge >= 0.3 is 0 Å². The molecule has 1 aromatic carbocycles. The molecule has 8 nitrogen and oxygen atoms in total. The quantitative estimate of drug-likeness (QED) is 0.378. The lowest BCUT2D eigenvalue weighted by atomic mass is 10.0. The number of hydrogen-bond acceptors (Lipinski definition) is 5. The van der Waals surface area contributed by atoms with E-state index in [4.69, 9.17) is 0 Å². The number of likely N-dealkylation sites (tertiary alicyclic amines) is 1. The average Bonchev–Trinajstić information content (AvgIpc) is 3.45. The SMILES string of the molecule is Cc1nc2c(F)cc(-c3c[nH]c4nc(NC(=O)c5ccncc5)ccc34)cc2n1C1CCN(C)CC1. The Morgan fingerprint density at radius 2 is 1.89 bits per heavy atom. The number of imidazole rings is 1. The second-order valence-corrected chi connectivity index (χ2v) is 9.37. The van der Waals surface area contributed by atoms with Crippen LogP contribution in [0.5, 0.6) is 0 Å². The van der Waals surface area contributed by atoms with Gasteiger partial charge in [0.2, 0.25) is 0 Å². The molecule has 2 N–H and O–H groups in total. The number of aromatic amines is 1. The van der Waals surface area contributed by atoms with Gasteiger partial charge in [-0.2, -0.15) is 0 Å². The molecule has 0 unspecified atom stereocenters. The van der Waals surface area contributed by atoms with Gasteiger partial charge in [-0.25, -0.2) is 14.4 Å². The maximum atomic E-state index is 15.3. The van der Waals surface area contributed by atoms with Gasteiger partial charge in [0.15, 0.2) is 5.82 Å². The van der Waals surface area contributed by atoms with Gasteiger partial charge in [0.1, 0.15) is 22.8 Å². The summed E-state index contributed by atoms with van der Waals surface area (Å²) in [4.78, 5) is 31.0. The number of carbonyl (C=O) groups is 1. The van der Waals surface area contributed by atoms with Crippen LogP contribution in [0, 0.1) is 12.7 Å². The summed E-state index contributed by atoms with van der Waals surface area (Å²) in [6, 6.07) is 10.8. The van der Waals surface area contributed by atoms with E-state index in [0.29, 0.717) is 28.6 Å². The van der Waals surface area contributed by atoms with Crippen molar-refractivity contribution in [2.75, 3.05) is 25.5 Å². The molecule has 1 aliphatic rings. The molecule has 0 aliphatic carbocycles. The Bertz CT molecular complexity index is 1580. The van der Waals surface area contributed by atoms with E-state index in [-0.39, 0.29) is 11.7 Å². The third kappa shape index (κ3) is 3.91. The largest absolute Gasteiger partial charge is 0.345 e. The minimum absolute atomic E-state index is 0.263. The first-order valence-corrected chi connectivity index (χ1v) is 12.0. The van der Waals surface area contributed by atoms with Crippen LogP contribution in [-0.4, -0.2) is 55.4 Å². The Kier molecular flexibility index (Phi) is 5.49. The number of rotatable bonds is 4. The van der Waals surface area contributed by atoms with Gasteiger partial charge in [-0.15, -0.1) is 0 Å². The lowest BCUT2D eigenvalue weighted by Gasteiger charge is -2.30. The zero-order valence-electron chi connectivity index (χ0n) is 20.1. The number of piperidine rings is 1. The third-order valence-electron chi connectivity index (χ3n) is 7.01. The molecule has 1 amide bonds. The molecular formula is C27H26FN7O. The number of aryl methyl sites for hydroxylation is 1. The minimum atomic E-state index is -0.333. The van der Waals surface area contributed by atoms with Gasteiger partial charge in [-0.05, 0) is 81.9 Å². The van der Waals surface area contributed by atoms with Crippen molar-refractivity contribution in [2.24, 2.45) is 0 Å². The number of halogens is 1. The average molecular weight is 484 g/mol. The highest BCUT2D eigenvalue weighted by molar-refractivity contribution is 6.04. The Morgan fingerprint density at radius 3 is 2.67 bits per heavy atom. The van der Waals surface area contributed by atoms with E-state index in [2.05, 4.69) is 41.8 Å². The number of carbonyl (C=O) groups excluding carboxylic acids is 1. The summed E-state index contributed by atoms with van der Waals surface area (Å²) < 4.78 is 17.5. The summed E-state index contributed by atoms with van der Waals surface area (Å²) >= 11 is 0. The van der Waals surface area contributed by atoms with Crippen molar-refractivity contribution in [1.29, 1.82) is 0 Å². The molecule has 36 heavy (non-hydrogen) atoms. The van der Waals surface area contributed by atoms with E-state index >= 15 is 4.39 Å². The van der Waals surface area contributed by atoms with E-state index in [1.54, 1.807) is 30.6 Å². The first-order chi connectivity index (χ1) is 17.5. The van der Waals surface area contributed by atoms with E-state index in [1.807, 2.05) is 25.3 Å². The zero-order chi connectivity index (χ0) is 24.8. The van der Waals surface area contributed by atoms with Crippen molar-refractivity contribution in [3.05, 3.63) is 72.2 Å². The number of amides is 1. The summed E-state index contributed by atoms with van der Waals surface area (Å²) in [6.45, 7) is 3.98. The lowest BCUT2D eigenvalue weighted by molar-refractivity contribution is 0.102. The van der Waals surface area contributed by atoms with Crippen molar-refractivity contribution >= 4 is 33.8 Å². The molecule has 9 heteroatoms. The molecule has 1 saturated heterocycles. The highest BCUT2D eigenvalue weighted by atomic mass is 19.1. The molecule has 182 valence electrons. The third-order valence-corrected chi connectivity index (χ3v) is 7.01. The predicted octanol–water partition coefficient (Wildman–Crippen LogP) is 4.94. The first-order valence-electron chi connectivity index (χ1n) is 12.0. The minimum Gasteiger partial charge on any atom is -0.345 e. The molecular weight excluding hydrogens is 457 g/mol. The Morgan fingerprint density at radius 1 is 1.11 bits per heavy atom. The van der Waals surface area contributed by atoms with Crippen LogP contribution >= 0.6 is 0 Å². The molecule has 4 aromatic heterocycles. The Balaban J connectivity index is 1.36. The molecule has 0 saturated carbocycles. The molecule has 0 atom stereocenters. The highest BCUT2D eigenvalue weighted by Gasteiger charge is 2.24. The van der Waals surface area contributed by atoms with E-state index in [9.17, 15) is 4.79 Å². The highest BCUT2D eigenvalue weighted by Crippen LogP contribution is 2.35. The van der Waals surface area contributed by atoms with Gasteiger partial charge in [-0.1, -0.05) is 0 Å². The van der Waals surface area contributed by atoms with E-state index < -0.39 is 0 Å². The number of benzene rings is 1. The molecule has 1 aliphatic heterocycles. The Labute approximate surface area is 207 Å². The first kappa shape index (κ1) is 22.4. The van der Waals surface area contributed by atoms with Crippen molar-refractivity contribution in [2.45, 2.75) is 25.8 Å². The number of pyridine rings is 2. The van der Waals surface area contributed by atoms with Crippen LogP contribution in [0.1, 0.15) is 35.1 Å². The van der Waals surface area contributed by atoms with Gasteiger partial charge in [-0.3, -0.25) is 9.78 Å². The number of hydrogen-bond donors (Lipinski definition) is 2. The second kappa shape index (κ2) is 8.83. The molecule has 5 heterocycles. The fourth-order valence-corrected chi connectivity index (χ4v) is 5.14. The van der Waals surface area contributed by atoms with Crippen LogP contribution in [0.25, 0.3) is 33.2 Å². The molecule has 0 spiro atoms. The van der Waals surface area contributed by atoms with Gasteiger partial charge in [0.05, 0.1) is 5.52 Å². The maximum Gasteiger partial charge on any atom is 0.256 e. The summed E-state index contributed by atoms with van der Waals surface area (Å²) in [5, 5.41) is 3.65. The van der Waals surface area contributed by atoms with Crippen LogP contribution in [0.4, 0.5) is 10.2 Å². The summed E-state index contributed by atoms with van der Waals surface area (Å²) in [5.74, 6) is 0.669. The molecule has 5 aromatic rings. The standard InChI is InChI=1S/C27H26FN7O/c1-16-31-25-22(28)13-18(14-23(25)35(16)19-7-11-34(2)12-8-19)21-15-30-26-20(21)3-4-24(32-26)33-27(36)17-5-9-29-10-6-17/h3-6,9-10,13-15,19H,7-8,11-12H2,1-2H3,(H2,30,32,33,36). The van der Waals surface area contributed by atoms with Crippen LogP contribution in [-0.2, 0) is 0 Å². The molecule has 0 bridgehead atoms. The van der Waals surface area contributed by atoms with Crippen molar-refractivity contribution in [1.82, 2.24) is 29.4 Å².